The fourth-order valence-corrected chi connectivity index (χ4v) is 3.92. The maximum Gasteiger partial charge on any atom is 0.253 e. The van der Waals surface area contributed by atoms with Gasteiger partial charge >= 0.3 is 0 Å². The zero-order chi connectivity index (χ0) is 21.0. The number of carbonyl (C=O) groups is 1. The maximum absolute atomic E-state index is 12.9. The summed E-state index contributed by atoms with van der Waals surface area (Å²) in [6, 6.07) is 5.57. The average Bonchev–Trinajstić information content (AvgIpc) is 3.19. The van der Waals surface area contributed by atoms with Gasteiger partial charge in [0.2, 0.25) is 0 Å². The molecule has 5 N–H and O–H groups in total. The number of pyridine rings is 1. The van der Waals surface area contributed by atoms with Gasteiger partial charge in [-0.15, -0.1) is 0 Å². The van der Waals surface area contributed by atoms with Gasteiger partial charge in [-0.1, -0.05) is 12.8 Å². The highest BCUT2D eigenvalue weighted by molar-refractivity contribution is 6.05. The van der Waals surface area contributed by atoms with E-state index in [4.69, 9.17) is 5.41 Å². The minimum Gasteiger partial charge on any atom is -0.392 e. The second kappa shape index (κ2) is 9.05. The lowest BCUT2D eigenvalue weighted by molar-refractivity contribution is 0.0950. The van der Waals surface area contributed by atoms with E-state index >= 15 is 0 Å². The van der Waals surface area contributed by atoms with E-state index in [-0.39, 0.29) is 24.6 Å². The molecular formula is C22H28N4O3. The number of nitrogens with one attached hydrogen (secondary N) is 4. The van der Waals surface area contributed by atoms with Crippen LogP contribution >= 0.6 is 0 Å². The van der Waals surface area contributed by atoms with E-state index in [1.807, 2.05) is 19.9 Å². The van der Waals surface area contributed by atoms with Gasteiger partial charge in [0.1, 0.15) is 0 Å². The van der Waals surface area contributed by atoms with Crippen LogP contribution in [0.1, 0.15) is 64.0 Å². The standard InChI is InChI=1S/C22H28N4O3/c1-13-7-14(2)25-22(29)19(13)11-24-21(28)17-8-15(12-27)9-20(18(17)10-23)26-16-5-3-4-6-16/h7-10,16,23,26-27H,3-6,11-12H2,1-2H3,(H,24,28)(H,25,29). The van der Waals surface area contributed by atoms with Gasteiger partial charge in [0.05, 0.1) is 12.2 Å². The van der Waals surface area contributed by atoms with Crippen LogP contribution in [0, 0.1) is 19.3 Å². The van der Waals surface area contributed by atoms with Crippen LogP contribution in [0.25, 0.3) is 0 Å². The molecule has 1 heterocycles. The van der Waals surface area contributed by atoms with Crippen molar-refractivity contribution in [1.29, 1.82) is 5.41 Å². The van der Waals surface area contributed by atoms with Crippen LogP contribution in [0.5, 0.6) is 0 Å². The summed E-state index contributed by atoms with van der Waals surface area (Å²) >= 11 is 0. The summed E-state index contributed by atoms with van der Waals surface area (Å²) in [5.74, 6) is -0.382. The molecule has 154 valence electrons. The third-order valence-corrected chi connectivity index (χ3v) is 5.45. The lowest BCUT2D eigenvalue weighted by Gasteiger charge is -2.19. The first-order valence-corrected chi connectivity index (χ1v) is 9.95. The quantitative estimate of drug-likeness (QED) is 0.463. The lowest BCUT2D eigenvalue weighted by Crippen LogP contribution is -2.29. The zero-order valence-corrected chi connectivity index (χ0v) is 16.9. The van der Waals surface area contributed by atoms with E-state index in [2.05, 4.69) is 15.6 Å². The van der Waals surface area contributed by atoms with Crippen LogP contribution in [0.4, 0.5) is 5.69 Å². The minimum atomic E-state index is -0.382. The zero-order valence-electron chi connectivity index (χ0n) is 16.9. The number of hydrogen-bond acceptors (Lipinski definition) is 5. The Labute approximate surface area is 170 Å². The van der Waals surface area contributed by atoms with Gasteiger partial charge in [0.25, 0.3) is 11.5 Å². The molecule has 1 aromatic heterocycles. The summed E-state index contributed by atoms with van der Waals surface area (Å²) < 4.78 is 0. The number of aromatic amines is 1. The second-order valence-corrected chi connectivity index (χ2v) is 7.66. The van der Waals surface area contributed by atoms with Gasteiger partial charge in [-0.2, -0.15) is 0 Å². The van der Waals surface area contributed by atoms with Gasteiger partial charge in [0, 0.05) is 41.3 Å². The molecule has 7 nitrogen and oxygen atoms in total. The van der Waals surface area contributed by atoms with Crippen LogP contribution < -0.4 is 16.2 Å². The Kier molecular flexibility index (Phi) is 6.49. The average molecular weight is 396 g/mol. The van der Waals surface area contributed by atoms with Crippen LogP contribution in [0.3, 0.4) is 0 Å². The number of aromatic nitrogens is 1. The molecule has 1 amide bonds. The molecule has 0 radical (unpaired) electrons. The first-order valence-electron chi connectivity index (χ1n) is 9.95. The molecule has 0 bridgehead atoms. The number of carbonyl (C=O) groups excluding carboxylic acids is 1. The number of aliphatic hydroxyl groups is 1. The summed E-state index contributed by atoms with van der Waals surface area (Å²) in [4.78, 5) is 27.9. The lowest BCUT2D eigenvalue weighted by atomic mass is 10.0. The van der Waals surface area contributed by atoms with E-state index in [1.165, 1.54) is 0 Å². The Balaban J connectivity index is 1.87. The highest BCUT2D eigenvalue weighted by Gasteiger charge is 2.20. The fraction of sp³-hybridized carbons (Fsp3) is 0.409. The molecule has 1 fully saturated rings. The molecule has 7 heteroatoms. The molecule has 1 aromatic carbocycles. The Morgan fingerprint density at radius 3 is 2.62 bits per heavy atom. The smallest absolute Gasteiger partial charge is 0.253 e. The van der Waals surface area contributed by atoms with Gasteiger partial charge in [-0.25, -0.2) is 0 Å². The highest BCUT2D eigenvalue weighted by atomic mass is 16.3. The van der Waals surface area contributed by atoms with Crippen LogP contribution in [-0.2, 0) is 13.2 Å². The van der Waals surface area contributed by atoms with Crippen molar-refractivity contribution in [2.75, 3.05) is 5.32 Å². The summed E-state index contributed by atoms with van der Waals surface area (Å²) in [5, 5.41) is 23.7. The van der Waals surface area contributed by atoms with Crippen molar-refractivity contribution in [3.8, 4) is 0 Å². The van der Waals surface area contributed by atoms with E-state index in [1.54, 1.807) is 12.1 Å². The summed E-state index contributed by atoms with van der Waals surface area (Å²) in [6.45, 7) is 3.54. The number of aliphatic hydroxyl groups excluding tert-OH is 1. The monoisotopic (exact) mass is 396 g/mol. The number of benzene rings is 1. The van der Waals surface area contributed by atoms with Crippen molar-refractivity contribution in [3.05, 3.63) is 62.1 Å². The molecule has 0 spiro atoms. The van der Waals surface area contributed by atoms with Crippen molar-refractivity contribution in [1.82, 2.24) is 10.3 Å². The molecular weight excluding hydrogens is 368 g/mol. The molecule has 1 aliphatic rings. The molecule has 0 unspecified atom stereocenters. The Morgan fingerprint density at radius 2 is 2.00 bits per heavy atom. The van der Waals surface area contributed by atoms with Crippen molar-refractivity contribution in [2.45, 2.75) is 58.7 Å². The van der Waals surface area contributed by atoms with E-state index in [9.17, 15) is 14.7 Å². The molecule has 1 aliphatic carbocycles. The third kappa shape index (κ3) is 4.74. The SMILES string of the molecule is Cc1cc(C)c(CNC(=O)c2cc(CO)cc(NC3CCCC3)c2C=N)c(=O)[nH]1. The highest BCUT2D eigenvalue weighted by Crippen LogP contribution is 2.27. The Bertz CT molecular complexity index is 975. The summed E-state index contributed by atoms with van der Waals surface area (Å²) in [6.07, 6.45) is 5.59. The number of aryl methyl sites for hydroxylation is 2. The van der Waals surface area contributed by atoms with E-state index in [0.29, 0.717) is 34.0 Å². The number of anilines is 1. The Hall–Kier alpha value is -2.93. The third-order valence-electron chi connectivity index (χ3n) is 5.45. The van der Waals surface area contributed by atoms with Gasteiger partial charge in [-0.05, 0) is 56.0 Å². The molecule has 2 aromatic rings. The van der Waals surface area contributed by atoms with Gasteiger partial charge in [-0.3, -0.25) is 9.59 Å². The van der Waals surface area contributed by atoms with E-state index in [0.717, 1.165) is 43.2 Å². The first-order chi connectivity index (χ1) is 13.9. The maximum atomic E-state index is 12.9. The van der Waals surface area contributed by atoms with Crippen molar-refractivity contribution in [2.24, 2.45) is 0 Å². The number of hydrogen-bond donors (Lipinski definition) is 5. The molecule has 0 aliphatic heterocycles. The van der Waals surface area contributed by atoms with Crippen molar-refractivity contribution < 1.29 is 9.90 Å². The number of H-pyrrole nitrogens is 1. The van der Waals surface area contributed by atoms with Crippen LogP contribution in [0.2, 0.25) is 0 Å². The largest absolute Gasteiger partial charge is 0.392 e. The normalized spacial score (nSPS) is 14.0. The van der Waals surface area contributed by atoms with E-state index < -0.39 is 0 Å². The summed E-state index contributed by atoms with van der Waals surface area (Å²) in [7, 11) is 0. The predicted molar refractivity (Wildman–Crippen MR) is 114 cm³/mol. The van der Waals surface area contributed by atoms with Crippen molar-refractivity contribution >= 4 is 17.8 Å². The summed E-state index contributed by atoms with van der Waals surface area (Å²) in [5.41, 5.74) is 3.96. The minimum absolute atomic E-state index is 0.0897. The van der Waals surface area contributed by atoms with Crippen LogP contribution in [0.15, 0.2) is 23.0 Å². The molecule has 29 heavy (non-hydrogen) atoms. The number of amides is 1. The van der Waals surface area contributed by atoms with Gasteiger partial charge < -0.3 is 26.1 Å². The first kappa shape index (κ1) is 20.8. The molecule has 0 atom stereocenters. The number of rotatable bonds is 7. The predicted octanol–water partition coefficient (Wildman–Crippen LogP) is 2.77. The van der Waals surface area contributed by atoms with Gasteiger partial charge in [0.15, 0.2) is 0 Å². The topological polar surface area (TPSA) is 118 Å². The second-order valence-electron chi connectivity index (χ2n) is 7.66. The fourth-order valence-electron chi connectivity index (χ4n) is 3.92. The van der Waals surface area contributed by atoms with Crippen molar-refractivity contribution in [3.63, 3.8) is 0 Å². The van der Waals surface area contributed by atoms with Crippen LogP contribution in [-0.4, -0.2) is 28.3 Å². The molecule has 0 saturated heterocycles. The molecule has 1 saturated carbocycles. The molecule has 3 rings (SSSR count). The Morgan fingerprint density at radius 1 is 1.28 bits per heavy atom.